The molecule has 2 N–H and O–H groups in total. The molecular weight excluding hydrogens is 218 g/mol. The van der Waals surface area contributed by atoms with Gasteiger partial charge in [-0.15, -0.1) is 0 Å². The number of hydrogen-bond donors (Lipinski definition) is 2. The number of nitrogens with one attached hydrogen (secondary N) is 2. The fraction of sp³-hybridized carbons (Fsp3) is 0.500. The van der Waals surface area contributed by atoms with E-state index < -0.39 is 0 Å². The Morgan fingerprint density at radius 2 is 2.12 bits per heavy atom. The van der Waals surface area contributed by atoms with Gasteiger partial charge >= 0.3 is 0 Å². The average molecular weight is 237 g/mol. The molecule has 0 unspecified atom stereocenters. The molecule has 5 heteroatoms. The summed E-state index contributed by atoms with van der Waals surface area (Å²) in [5.41, 5.74) is 0.134. The smallest absolute Gasteiger partial charge is 0.251 e. The molecule has 1 aromatic heterocycles. The normalized spacial score (nSPS) is 10.5. The maximum absolute atomic E-state index is 11.7. The van der Waals surface area contributed by atoms with Gasteiger partial charge in [-0.2, -0.15) is 0 Å². The molecule has 0 saturated carbocycles. The summed E-state index contributed by atoms with van der Waals surface area (Å²) >= 11 is 0. The van der Waals surface area contributed by atoms with Gasteiger partial charge in [0.05, 0.1) is 0 Å². The molecule has 0 radical (unpaired) electrons. The van der Waals surface area contributed by atoms with E-state index in [0.29, 0.717) is 12.1 Å². The molecule has 0 saturated heterocycles. The summed E-state index contributed by atoms with van der Waals surface area (Å²) in [6, 6.07) is 2.89. The second-order valence-corrected chi connectivity index (χ2v) is 3.72. The van der Waals surface area contributed by atoms with Crippen molar-refractivity contribution < 1.29 is 4.79 Å². The highest BCUT2D eigenvalue weighted by molar-refractivity contribution is 5.93. The van der Waals surface area contributed by atoms with Crippen molar-refractivity contribution in [2.75, 3.05) is 26.2 Å². The van der Waals surface area contributed by atoms with Crippen LogP contribution in [0.15, 0.2) is 23.1 Å². The summed E-state index contributed by atoms with van der Waals surface area (Å²) < 4.78 is 0. The van der Waals surface area contributed by atoms with Crippen molar-refractivity contribution in [2.24, 2.45) is 0 Å². The second kappa shape index (κ2) is 6.85. The highest BCUT2D eigenvalue weighted by Gasteiger charge is 2.05. The van der Waals surface area contributed by atoms with Crippen LogP contribution < -0.4 is 10.9 Å². The number of nitrogens with zero attached hydrogens (tertiary/aromatic N) is 1. The number of likely N-dealkylation sites (N-methyl/N-ethyl adjacent to an activating group) is 1. The molecule has 0 bridgehead atoms. The van der Waals surface area contributed by atoms with Crippen molar-refractivity contribution in [3.63, 3.8) is 0 Å². The van der Waals surface area contributed by atoms with Gasteiger partial charge in [0.15, 0.2) is 0 Å². The molecule has 0 aromatic carbocycles. The Labute approximate surface area is 101 Å². The van der Waals surface area contributed by atoms with Crippen molar-refractivity contribution in [1.82, 2.24) is 15.2 Å². The molecule has 0 spiro atoms. The molecule has 5 nitrogen and oxygen atoms in total. The topological polar surface area (TPSA) is 65.2 Å². The van der Waals surface area contributed by atoms with Crippen LogP contribution in [0.25, 0.3) is 0 Å². The quantitative estimate of drug-likeness (QED) is 0.755. The van der Waals surface area contributed by atoms with Crippen LogP contribution in [-0.2, 0) is 0 Å². The molecule has 0 fully saturated rings. The number of hydrogen-bond acceptors (Lipinski definition) is 3. The SMILES string of the molecule is CCN(CC)CCNC(=O)c1cc[nH]c(=O)c1. The molecule has 17 heavy (non-hydrogen) atoms. The lowest BCUT2D eigenvalue weighted by Crippen LogP contribution is -2.35. The summed E-state index contributed by atoms with van der Waals surface area (Å²) in [5, 5.41) is 2.79. The Morgan fingerprint density at radius 1 is 1.41 bits per heavy atom. The van der Waals surface area contributed by atoms with Gasteiger partial charge in [0.25, 0.3) is 5.91 Å². The minimum absolute atomic E-state index is 0.205. The third-order valence-corrected chi connectivity index (χ3v) is 2.65. The largest absolute Gasteiger partial charge is 0.351 e. The van der Waals surface area contributed by atoms with Crippen LogP contribution in [0.3, 0.4) is 0 Å². The van der Waals surface area contributed by atoms with Crippen molar-refractivity contribution in [1.29, 1.82) is 0 Å². The molecule has 1 amide bonds. The number of H-pyrrole nitrogens is 1. The van der Waals surface area contributed by atoms with E-state index in [4.69, 9.17) is 0 Å². The first-order valence-electron chi connectivity index (χ1n) is 5.86. The molecule has 0 atom stereocenters. The standard InChI is InChI=1S/C12H19N3O2/c1-3-15(4-2)8-7-14-12(17)10-5-6-13-11(16)9-10/h5-6,9H,3-4,7-8H2,1-2H3,(H,13,16)(H,14,17). The van der Waals surface area contributed by atoms with E-state index in [-0.39, 0.29) is 11.5 Å². The number of amides is 1. The van der Waals surface area contributed by atoms with Crippen molar-refractivity contribution in [3.8, 4) is 0 Å². The van der Waals surface area contributed by atoms with E-state index in [1.54, 1.807) is 6.07 Å². The Morgan fingerprint density at radius 3 is 2.71 bits per heavy atom. The van der Waals surface area contributed by atoms with Gasteiger partial charge in [-0.3, -0.25) is 9.59 Å². The molecule has 1 aromatic rings. The maximum Gasteiger partial charge on any atom is 0.251 e. The zero-order valence-electron chi connectivity index (χ0n) is 10.3. The van der Waals surface area contributed by atoms with E-state index in [1.807, 2.05) is 0 Å². The number of carbonyl (C=O) groups excluding carboxylic acids is 1. The van der Waals surface area contributed by atoms with Gasteiger partial charge in [-0.1, -0.05) is 13.8 Å². The predicted octanol–water partition coefficient (Wildman–Crippen LogP) is 0.446. The Kier molecular flexibility index (Phi) is 5.42. The first kappa shape index (κ1) is 13.4. The van der Waals surface area contributed by atoms with Crippen LogP contribution in [0.2, 0.25) is 0 Å². The third-order valence-electron chi connectivity index (χ3n) is 2.65. The summed E-state index contributed by atoms with van der Waals surface area (Å²) in [5.74, 6) is -0.205. The van der Waals surface area contributed by atoms with Crippen LogP contribution in [-0.4, -0.2) is 42.0 Å². The summed E-state index contributed by atoms with van der Waals surface area (Å²) in [4.78, 5) is 27.4. The second-order valence-electron chi connectivity index (χ2n) is 3.72. The van der Waals surface area contributed by atoms with Crippen LogP contribution in [0, 0.1) is 0 Å². The Bertz CT molecular complexity index is 410. The molecule has 0 aliphatic carbocycles. The summed E-state index contributed by atoms with van der Waals surface area (Å²) in [6.07, 6.45) is 1.47. The van der Waals surface area contributed by atoms with Gasteiger partial charge in [0.1, 0.15) is 0 Å². The van der Waals surface area contributed by atoms with Crippen LogP contribution in [0.4, 0.5) is 0 Å². The minimum Gasteiger partial charge on any atom is -0.351 e. The summed E-state index contributed by atoms with van der Waals surface area (Å²) in [6.45, 7) is 7.52. The molecule has 94 valence electrons. The lowest BCUT2D eigenvalue weighted by Gasteiger charge is -2.17. The monoisotopic (exact) mass is 237 g/mol. The van der Waals surface area contributed by atoms with Crippen molar-refractivity contribution in [3.05, 3.63) is 34.2 Å². The first-order valence-corrected chi connectivity index (χ1v) is 5.86. The van der Waals surface area contributed by atoms with Gasteiger partial charge < -0.3 is 15.2 Å². The Balaban J connectivity index is 2.42. The van der Waals surface area contributed by atoms with Crippen molar-refractivity contribution in [2.45, 2.75) is 13.8 Å². The third kappa shape index (κ3) is 4.40. The summed E-state index contributed by atoms with van der Waals surface area (Å²) in [7, 11) is 0. The van der Waals surface area contributed by atoms with Gasteiger partial charge in [-0.25, -0.2) is 0 Å². The molecule has 1 heterocycles. The van der Waals surface area contributed by atoms with E-state index in [2.05, 4.69) is 29.0 Å². The highest BCUT2D eigenvalue weighted by atomic mass is 16.2. The Hall–Kier alpha value is -1.62. The zero-order valence-corrected chi connectivity index (χ0v) is 10.3. The van der Waals surface area contributed by atoms with Crippen LogP contribution in [0.5, 0.6) is 0 Å². The van der Waals surface area contributed by atoms with E-state index in [1.165, 1.54) is 12.3 Å². The lowest BCUT2D eigenvalue weighted by atomic mass is 10.2. The maximum atomic E-state index is 11.7. The van der Waals surface area contributed by atoms with E-state index in [9.17, 15) is 9.59 Å². The fourth-order valence-corrected chi connectivity index (χ4v) is 1.56. The average Bonchev–Trinajstić information content (AvgIpc) is 2.34. The molecular formula is C12H19N3O2. The number of carbonyl (C=O) groups is 1. The van der Waals surface area contributed by atoms with Gasteiger partial charge in [0, 0.05) is 30.9 Å². The number of rotatable bonds is 6. The predicted molar refractivity (Wildman–Crippen MR) is 67.2 cm³/mol. The van der Waals surface area contributed by atoms with Crippen molar-refractivity contribution >= 4 is 5.91 Å². The van der Waals surface area contributed by atoms with Gasteiger partial charge in [-0.05, 0) is 19.2 Å². The van der Waals surface area contributed by atoms with Gasteiger partial charge in [0.2, 0.25) is 5.56 Å². The highest BCUT2D eigenvalue weighted by Crippen LogP contribution is 1.92. The molecule has 0 aliphatic rings. The zero-order chi connectivity index (χ0) is 12.7. The number of pyridine rings is 1. The minimum atomic E-state index is -0.263. The van der Waals surface area contributed by atoms with E-state index >= 15 is 0 Å². The molecule has 1 rings (SSSR count). The number of aromatic amines is 1. The lowest BCUT2D eigenvalue weighted by molar-refractivity contribution is 0.0948. The van der Waals surface area contributed by atoms with E-state index in [0.717, 1.165) is 19.6 Å². The fourth-order valence-electron chi connectivity index (χ4n) is 1.56. The van der Waals surface area contributed by atoms with Crippen LogP contribution >= 0.6 is 0 Å². The number of aromatic nitrogens is 1. The molecule has 0 aliphatic heterocycles. The first-order chi connectivity index (χ1) is 8.17. The van der Waals surface area contributed by atoms with Crippen LogP contribution in [0.1, 0.15) is 24.2 Å².